The molecule has 0 unspecified atom stereocenters. The van der Waals surface area contributed by atoms with Crippen molar-refractivity contribution in [2.75, 3.05) is 7.11 Å². The molecule has 1 aromatic carbocycles. The number of ether oxygens (including phenoxy) is 1. The molecule has 1 aliphatic rings. The van der Waals surface area contributed by atoms with Crippen LogP contribution in [0.15, 0.2) is 29.2 Å². The van der Waals surface area contributed by atoms with Gasteiger partial charge in [-0.25, -0.2) is 17.9 Å². The van der Waals surface area contributed by atoms with Gasteiger partial charge < -0.3 is 4.74 Å². The van der Waals surface area contributed by atoms with Crippen molar-refractivity contribution >= 4 is 16.0 Å². The lowest BCUT2D eigenvalue weighted by molar-refractivity contribution is 0.0600. The predicted molar refractivity (Wildman–Crippen MR) is 61.1 cm³/mol. The topological polar surface area (TPSA) is 72.5 Å². The van der Waals surface area contributed by atoms with Crippen molar-refractivity contribution in [3.05, 3.63) is 29.8 Å². The van der Waals surface area contributed by atoms with E-state index in [0.29, 0.717) is 0 Å². The van der Waals surface area contributed by atoms with E-state index in [4.69, 9.17) is 0 Å². The smallest absolute Gasteiger partial charge is 0.337 e. The number of nitrogens with one attached hydrogen (secondary N) is 1. The largest absolute Gasteiger partial charge is 0.465 e. The first-order valence-corrected chi connectivity index (χ1v) is 6.72. The summed E-state index contributed by atoms with van der Waals surface area (Å²) in [5.74, 6) is -0.548. The van der Waals surface area contributed by atoms with Gasteiger partial charge in [-0.05, 0) is 31.0 Å². The molecule has 0 aromatic heterocycles. The van der Waals surface area contributed by atoms with Gasteiger partial charge in [-0.1, -0.05) is 6.07 Å². The number of methoxy groups -OCH3 is 1. The van der Waals surface area contributed by atoms with E-state index in [1.807, 2.05) is 0 Å². The van der Waals surface area contributed by atoms with Crippen LogP contribution >= 0.6 is 0 Å². The zero-order valence-electron chi connectivity index (χ0n) is 9.34. The van der Waals surface area contributed by atoms with E-state index in [-0.39, 0.29) is 16.5 Å². The first kappa shape index (κ1) is 12.1. The van der Waals surface area contributed by atoms with Gasteiger partial charge in [0.05, 0.1) is 17.6 Å². The highest BCUT2D eigenvalue weighted by Crippen LogP contribution is 2.22. The van der Waals surface area contributed by atoms with E-state index < -0.39 is 16.0 Å². The van der Waals surface area contributed by atoms with Crippen LogP contribution in [-0.4, -0.2) is 27.5 Å². The third kappa shape index (κ3) is 2.83. The van der Waals surface area contributed by atoms with Gasteiger partial charge >= 0.3 is 5.97 Å². The molecule has 0 aliphatic heterocycles. The second kappa shape index (κ2) is 4.46. The number of sulfonamides is 1. The summed E-state index contributed by atoms with van der Waals surface area (Å²) < 4.78 is 30.9. The summed E-state index contributed by atoms with van der Waals surface area (Å²) in [4.78, 5) is 11.4. The van der Waals surface area contributed by atoms with Crippen molar-refractivity contribution in [3.8, 4) is 0 Å². The molecule has 2 rings (SSSR count). The quantitative estimate of drug-likeness (QED) is 0.812. The summed E-state index contributed by atoms with van der Waals surface area (Å²) in [5.41, 5.74) is 0.228. The Labute approximate surface area is 99.8 Å². The molecule has 92 valence electrons. The van der Waals surface area contributed by atoms with Gasteiger partial charge in [-0.2, -0.15) is 0 Å². The molecule has 0 bridgehead atoms. The van der Waals surface area contributed by atoms with Crippen LogP contribution < -0.4 is 4.72 Å². The fourth-order valence-corrected chi connectivity index (χ4v) is 2.75. The standard InChI is InChI=1S/C11H13NO4S/c1-16-11(13)8-3-2-4-10(7-8)17(14,15)12-9-5-6-9/h2-4,7,9,12H,5-6H2,1H3. The summed E-state index contributed by atoms with van der Waals surface area (Å²) in [6.45, 7) is 0. The minimum absolute atomic E-state index is 0.0433. The van der Waals surface area contributed by atoms with Gasteiger partial charge in [0.1, 0.15) is 0 Å². The molecular formula is C11H13NO4S. The summed E-state index contributed by atoms with van der Waals surface area (Å²) in [7, 11) is -2.26. The Morgan fingerprint density at radius 2 is 2.12 bits per heavy atom. The van der Waals surface area contributed by atoms with E-state index in [1.54, 1.807) is 0 Å². The molecule has 1 aliphatic carbocycles. The molecule has 6 heteroatoms. The second-order valence-corrected chi connectivity index (χ2v) is 5.63. The van der Waals surface area contributed by atoms with Crippen LogP contribution in [0.4, 0.5) is 0 Å². The summed E-state index contributed by atoms with van der Waals surface area (Å²) in [6, 6.07) is 5.85. The molecule has 0 heterocycles. The van der Waals surface area contributed by atoms with Gasteiger partial charge in [0.15, 0.2) is 0 Å². The number of carbonyl (C=O) groups excluding carboxylic acids is 1. The van der Waals surface area contributed by atoms with Crippen LogP contribution in [0.2, 0.25) is 0 Å². The van der Waals surface area contributed by atoms with E-state index >= 15 is 0 Å². The molecule has 5 nitrogen and oxygen atoms in total. The van der Waals surface area contributed by atoms with Crippen LogP contribution in [0, 0.1) is 0 Å². The normalized spacial score (nSPS) is 15.6. The molecule has 1 saturated carbocycles. The van der Waals surface area contributed by atoms with Crippen LogP contribution in [0.1, 0.15) is 23.2 Å². The highest BCUT2D eigenvalue weighted by atomic mass is 32.2. The highest BCUT2D eigenvalue weighted by Gasteiger charge is 2.28. The summed E-state index contributed by atoms with van der Waals surface area (Å²) in [5, 5.41) is 0. The molecular weight excluding hydrogens is 242 g/mol. The molecule has 1 fully saturated rings. The van der Waals surface area contributed by atoms with Gasteiger partial charge in [-0.3, -0.25) is 0 Å². The lowest BCUT2D eigenvalue weighted by Crippen LogP contribution is -2.25. The molecule has 1 aromatic rings. The zero-order chi connectivity index (χ0) is 12.5. The Kier molecular flexibility index (Phi) is 3.17. The van der Waals surface area contributed by atoms with Crippen LogP contribution in [-0.2, 0) is 14.8 Å². The minimum Gasteiger partial charge on any atom is -0.465 e. The van der Waals surface area contributed by atoms with E-state index in [2.05, 4.69) is 9.46 Å². The van der Waals surface area contributed by atoms with E-state index in [0.717, 1.165) is 12.8 Å². The molecule has 17 heavy (non-hydrogen) atoms. The van der Waals surface area contributed by atoms with Gasteiger partial charge in [0.2, 0.25) is 10.0 Å². The lowest BCUT2D eigenvalue weighted by Gasteiger charge is -2.06. The van der Waals surface area contributed by atoms with Crippen LogP contribution in [0.5, 0.6) is 0 Å². The number of hydrogen-bond acceptors (Lipinski definition) is 4. The molecule has 0 saturated heterocycles. The van der Waals surface area contributed by atoms with Crippen molar-refractivity contribution in [2.24, 2.45) is 0 Å². The average Bonchev–Trinajstić information content (AvgIpc) is 3.11. The first-order chi connectivity index (χ1) is 8.03. The predicted octanol–water partition coefficient (Wildman–Crippen LogP) is 0.914. The Morgan fingerprint density at radius 3 is 2.71 bits per heavy atom. The van der Waals surface area contributed by atoms with Crippen LogP contribution in [0.3, 0.4) is 0 Å². The minimum atomic E-state index is -3.52. The Morgan fingerprint density at radius 1 is 1.41 bits per heavy atom. The maximum Gasteiger partial charge on any atom is 0.337 e. The van der Waals surface area contributed by atoms with Crippen molar-refractivity contribution in [1.29, 1.82) is 0 Å². The highest BCUT2D eigenvalue weighted by molar-refractivity contribution is 7.89. The number of rotatable bonds is 4. The molecule has 0 atom stereocenters. The first-order valence-electron chi connectivity index (χ1n) is 5.23. The van der Waals surface area contributed by atoms with E-state index in [1.165, 1.54) is 31.4 Å². The van der Waals surface area contributed by atoms with Crippen molar-refractivity contribution in [2.45, 2.75) is 23.8 Å². The Hall–Kier alpha value is -1.40. The van der Waals surface area contributed by atoms with Gasteiger partial charge in [-0.15, -0.1) is 0 Å². The van der Waals surface area contributed by atoms with Gasteiger partial charge in [0, 0.05) is 6.04 Å². The third-order valence-electron chi connectivity index (χ3n) is 2.46. The lowest BCUT2D eigenvalue weighted by atomic mass is 10.2. The molecule has 0 spiro atoms. The summed E-state index contributed by atoms with van der Waals surface area (Å²) >= 11 is 0. The maximum atomic E-state index is 11.9. The fourth-order valence-electron chi connectivity index (χ4n) is 1.40. The van der Waals surface area contributed by atoms with E-state index in [9.17, 15) is 13.2 Å². The molecule has 0 radical (unpaired) electrons. The number of esters is 1. The maximum absolute atomic E-state index is 11.9. The summed E-state index contributed by atoms with van der Waals surface area (Å²) in [6.07, 6.45) is 1.74. The van der Waals surface area contributed by atoms with Crippen LogP contribution in [0.25, 0.3) is 0 Å². The number of hydrogen-bond donors (Lipinski definition) is 1. The third-order valence-corrected chi connectivity index (χ3v) is 3.98. The second-order valence-electron chi connectivity index (χ2n) is 3.91. The Balaban J connectivity index is 2.28. The molecule has 1 N–H and O–H groups in total. The number of carbonyl (C=O) groups is 1. The number of benzene rings is 1. The Bertz CT molecular complexity index is 534. The van der Waals surface area contributed by atoms with Crippen molar-refractivity contribution in [1.82, 2.24) is 4.72 Å². The fraction of sp³-hybridized carbons (Fsp3) is 0.364. The van der Waals surface area contributed by atoms with Crippen molar-refractivity contribution < 1.29 is 17.9 Å². The SMILES string of the molecule is COC(=O)c1cccc(S(=O)(=O)NC2CC2)c1. The average molecular weight is 255 g/mol. The van der Waals surface area contributed by atoms with Gasteiger partial charge in [0.25, 0.3) is 0 Å². The zero-order valence-corrected chi connectivity index (χ0v) is 10.2. The molecule has 0 amide bonds. The monoisotopic (exact) mass is 255 g/mol. The van der Waals surface area contributed by atoms with Crippen molar-refractivity contribution in [3.63, 3.8) is 0 Å².